The number of hydrogen-bond donors (Lipinski definition) is 0. The molecule has 0 aliphatic carbocycles. The van der Waals surface area contributed by atoms with Crippen molar-refractivity contribution in [1.82, 2.24) is 0 Å². The normalized spacial score (nSPS) is 8.92. The maximum Gasteiger partial charge on any atom is 0.143 e. The Morgan fingerprint density at radius 2 is 2.17 bits per heavy atom. The summed E-state index contributed by atoms with van der Waals surface area (Å²) in [5.41, 5.74) is 0.470. The van der Waals surface area contributed by atoms with Crippen molar-refractivity contribution in [3.8, 4) is 11.8 Å². The van der Waals surface area contributed by atoms with Crippen LogP contribution < -0.4 is 0 Å². The zero-order chi connectivity index (χ0) is 8.97. The highest BCUT2D eigenvalue weighted by Crippen LogP contribution is 2.18. The summed E-state index contributed by atoms with van der Waals surface area (Å²) in [6.45, 7) is 0. The summed E-state index contributed by atoms with van der Waals surface area (Å²) in [6, 6.07) is 4.48. The molecular formula is C9H5Cl2F. The first-order valence-corrected chi connectivity index (χ1v) is 4.16. The van der Waals surface area contributed by atoms with Gasteiger partial charge in [0.1, 0.15) is 5.82 Å². The topological polar surface area (TPSA) is 0 Å². The van der Waals surface area contributed by atoms with E-state index in [4.69, 9.17) is 23.2 Å². The van der Waals surface area contributed by atoms with E-state index < -0.39 is 5.82 Å². The van der Waals surface area contributed by atoms with Gasteiger partial charge in [-0.15, -0.1) is 11.6 Å². The minimum absolute atomic E-state index is 0.0510. The lowest BCUT2D eigenvalue weighted by Gasteiger charge is -1.95. The van der Waals surface area contributed by atoms with Crippen LogP contribution in [0.2, 0.25) is 5.02 Å². The van der Waals surface area contributed by atoms with E-state index in [9.17, 15) is 4.39 Å². The maximum absolute atomic E-state index is 12.8. The van der Waals surface area contributed by atoms with Crippen molar-refractivity contribution < 1.29 is 4.39 Å². The Morgan fingerprint density at radius 1 is 1.42 bits per heavy atom. The number of alkyl halides is 1. The van der Waals surface area contributed by atoms with Crippen LogP contribution in [0.15, 0.2) is 18.2 Å². The summed E-state index contributed by atoms with van der Waals surface area (Å²) in [7, 11) is 0. The van der Waals surface area contributed by atoms with Gasteiger partial charge in [0.2, 0.25) is 0 Å². The smallest absolute Gasteiger partial charge is 0.143 e. The predicted molar refractivity (Wildman–Crippen MR) is 49.0 cm³/mol. The molecule has 62 valence electrons. The predicted octanol–water partition coefficient (Wildman–Crippen LogP) is 3.07. The van der Waals surface area contributed by atoms with Crippen molar-refractivity contribution in [1.29, 1.82) is 0 Å². The molecule has 0 bridgehead atoms. The maximum atomic E-state index is 12.8. The molecule has 0 fully saturated rings. The Balaban J connectivity index is 3.08. The largest absolute Gasteiger partial charge is 0.205 e. The van der Waals surface area contributed by atoms with Crippen LogP contribution in [-0.2, 0) is 0 Å². The number of hydrogen-bond acceptors (Lipinski definition) is 0. The van der Waals surface area contributed by atoms with E-state index in [1.165, 1.54) is 6.07 Å². The van der Waals surface area contributed by atoms with Crippen LogP contribution in [0.25, 0.3) is 0 Å². The molecule has 0 heterocycles. The van der Waals surface area contributed by atoms with Crippen LogP contribution >= 0.6 is 23.2 Å². The third kappa shape index (κ3) is 2.14. The van der Waals surface area contributed by atoms with Gasteiger partial charge in [0.05, 0.1) is 10.9 Å². The van der Waals surface area contributed by atoms with E-state index >= 15 is 0 Å². The van der Waals surface area contributed by atoms with Gasteiger partial charge in [-0.1, -0.05) is 29.5 Å². The summed E-state index contributed by atoms with van der Waals surface area (Å²) in [5, 5.41) is 0.0510. The number of rotatable bonds is 0. The van der Waals surface area contributed by atoms with Crippen molar-refractivity contribution in [3.63, 3.8) is 0 Å². The summed E-state index contributed by atoms with van der Waals surface area (Å²) in [5.74, 6) is 5.00. The molecule has 0 unspecified atom stereocenters. The van der Waals surface area contributed by atoms with Gasteiger partial charge < -0.3 is 0 Å². The minimum atomic E-state index is -0.460. The first kappa shape index (κ1) is 9.38. The molecule has 1 rings (SSSR count). The van der Waals surface area contributed by atoms with Crippen molar-refractivity contribution >= 4 is 23.2 Å². The standard InChI is InChI=1S/C9H5Cl2F/c10-6-2-4-7-3-1-5-8(12)9(7)11/h1,3,5H,6H2. The van der Waals surface area contributed by atoms with Crippen molar-refractivity contribution in [2.45, 2.75) is 0 Å². The van der Waals surface area contributed by atoms with Gasteiger partial charge in [0.15, 0.2) is 0 Å². The minimum Gasteiger partial charge on any atom is -0.205 e. The van der Waals surface area contributed by atoms with E-state index in [1.807, 2.05) is 0 Å². The van der Waals surface area contributed by atoms with Gasteiger partial charge in [-0.2, -0.15) is 0 Å². The molecule has 0 aliphatic heterocycles. The van der Waals surface area contributed by atoms with Crippen LogP contribution in [0.4, 0.5) is 4.39 Å². The van der Waals surface area contributed by atoms with Crippen molar-refractivity contribution in [2.24, 2.45) is 0 Å². The second kappa shape index (κ2) is 4.35. The average molecular weight is 203 g/mol. The van der Waals surface area contributed by atoms with Crippen LogP contribution in [-0.4, -0.2) is 5.88 Å². The monoisotopic (exact) mass is 202 g/mol. The van der Waals surface area contributed by atoms with Gasteiger partial charge in [-0.25, -0.2) is 4.39 Å². The fourth-order valence-corrected chi connectivity index (χ4v) is 0.969. The molecule has 0 amide bonds. The SMILES string of the molecule is Fc1cccc(C#CCCl)c1Cl. The summed E-state index contributed by atoms with van der Waals surface area (Å²) < 4.78 is 12.8. The van der Waals surface area contributed by atoms with Crippen LogP contribution in [0.5, 0.6) is 0 Å². The zero-order valence-electron chi connectivity index (χ0n) is 6.07. The molecule has 0 atom stereocenters. The second-order valence-corrected chi connectivity index (χ2v) is 2.68. The van der Waals surface area contributed by atoms with Gasteiger partial charge in [0.25, 0.3) is 0 Å². The first-order chi connectivity index (χ1) is 5.75. The third-order valence-corrected chi connectivity index (χ3v) is 1.76. The van der Waals surface area contributed by atoms with E-state index in [0.717, 1.165) is 0 Å². The molecule has 0 radical (unpaired) electrons. The molecule has 0 nitrogen and oxygen atoms in total. The highest BCUT2D eigenvalue weighted by atomic mass is 35.5. The van der Waals surface area contributed by atoms with E-state index in [-0.39, 0.29) is 10.9 Å². The molecule has 0 saturated heterocycles. The fraction of sp³-hybridized carbons (Fsp3) is 0.111. The highest BCUT2D eigenvalue weighted by Gasteiger charge is 2.01. The molecule has 3 heteroatoms. The Labute approximate surface area is 80.3 Å². The van der Waals surface area contributed by atoms with Gasteiger partial charge in [-0.05, 0) is 12.1 Å². The summed E-state index contributed by atoms with van der Waals surface area (Å²) >= 11 is 10.9. The first-order valence-electron chi connectivity index (χ1n) is 3.24. The van der Waals surface area contributed by atoms with Crippen molar-refractivity contribution in [3.05, 3.63) is 34.6 Å². The van der Waals surface area contributed by atoms with Crippen LogP contribution in [0, 0.1) is 17.7 Å². The lowest BCUT2D eigenvalue weighted by molar-refractivity contribution is 0.628. The molecule has 12 heavy (non-hydrogen) atoms. The Bertz CT molecular complexity index is 336. The van der Waals surface area contributed by atoms with Crippen LogP contribution in [0.3, 0.4) is 0 Å². The average Bonchev–Trinajstić information content (AvgIpc) is 2.08. The van der Waals surface area contributed by atoms with Gasteiger partial charge >= 0.3 is 0 Å². The molecule has 0 N–H and O–H groups in total. The van der Waals surface area contributed by atoms with E-state index in [2.05, 4.69) is 11.8 Å². The molecule has 0 spiro atoms. The third-order valence-electron chi connectivity index (χ3n) is 1.24. The molecular weight excluding hydrogens is 198 g/mol. The summed E-state index contributed by atoms with van der Waals surface area (Å²) in [4.78, 5) is 0. The molecule has 0 saturated carbocycles. The lowest BCUT2D eigenvalue weighted by atomic mass is 10.2. The molecule has 0 aromatic heterocycles. The number of halogens is 3. The van der Waals surface area contributed by atoms with E-state index in [1.54, 1.807) is 12.1 Å². The van der Waals surface area contributed by atoms with Gasteiger partial charge in [-0.3, -0.25) is 0 Å². The Hall–Kier alpha value is -0.710. The summed E-state index contributed by atoms with van der Waals surface area (Å²) in [6.07, 6.45) is 0. The quantitative estimate of drug-likeness (QED) is 0.449. The highest BCUT2D eigenvalue weighted by molar-refractivity contribution is 6.31. The van der Waals surface area contributed by atoms with Crippen LogP contribution in [0.1, 0.15) is 5.56 Å². The number of benzene rings is 1. The second-order valence-electron chi connectivity index (χ2n) is 2.04. The molecule has 1 aromatic rings. The fourth-order valence-electron chi connectivity index (χ4n) is 0.729. The lowest BCUT2D eigenvalue weighted by Crippen LogP contribution is -1.81. The molecule has 1 aromatic carbocycles. The van der Waals surface area contributed by atoms with Gasteiger partial charge in [0, 0.05) is 5.56 Å². The molecule has 0 aliphatic rings. The Kier molecular flexibility index (Phi) is 3.40. The Morgan fingerprint density at radius 3 is 2.83 bits per heavy atom. The van der Waals surface area contributed by atoms with Crippen molar-refractivity contribution in [2.75, 3.05) is 5.88 Å². The van der Waals surface area contributed by atoms with E-state index in [0.29, 0.717) is 5.56 Å². The zero-order valence-corrected chi connectivity index (χ0v) is 7.58.